The maximum absolute atomic E-state index is 10.9. The first kappa shape index (κ1) is 9.03. The molecule has 0 saturated carbocycles. The number of ether oxygens (including phenoxy) is 1. The van der Waals surface area contributed by atoms with Crippen LogP contribution in [0.3, 0.4) is 0 Å². The molecule has 0 aromatic carbocycles. The van der Waals surface area contributed by atoms with Crippen molar-refractivity contribution in [2.45, 2.75) is 19.8 Å². The van der Waals surface area contributed by atoms with E-state index in [-0.39, 0.29) is 11.3 Å². The summed E-state index contributed by atoms with van der Waals surface area (Å²) in [7, 11) is 0. The first-order valence-corrected chi connectivity index (χ1v) is 3.98. The van der Waals surface area contributed by atoms with Crippen LogP contribution >= 0.6 is 0 Å². The summed E-state index contributed by atoms with van der Waals surface area (Å²) in [4.78, 5) is 20.7. The first-order valence-electron chi connectivity index (χ1n) is 3.98. The molecule has 0 radical (unpaired) electrons. The van der Waals surface area contributed by atoms with Crippen molar-refractivity contribution < 1.29 is 14.3 Å². The van der Waals surface area contributed by atoms with Crippen molar-refractivity contribution in [2.75, 3.05) is 13.2 Å². The third kappa shape index (κ3) is 2.22. The van der Waals surface area contributed by atoms with E-state index in [2.05, 4.69) is 10.1 Å². The summed E-state index contributed by atoms with van der Waals surface area (Å²) in [6, 6.07) is 0. The maximum Gasteiger partial charge on any atom is 0.293 e. The molecular weight excluding hydrogens is 158 g/mol. The molecule has 4 nitrogen and oxygen atoms in total. The number of carbonyl (C=O) groups excluding carboxylic acids is 2. The molecule has 68 valence electrons. The zero-order valence-electron chi connectivity index (χ0n) is 7.13. The SMILES string of the molecule is CC1(CCOC=O)CNC(=O)C1. The van der Waals surface area contributed by atoms with Crippen LogP contribution in [0, 0.1) is 5.41 Å². The summed E-state index contributed by atoms with van der Waals surface area (Å²) in [6.07, 6.45) is 1.28. The summed E-state index contributed by atoms with van der Waals surface area (Å²) >= 11 is 0. The van der Waals surface area contributed by atoms with Gasteiger partial charge in [-0.1, -0.05) is 6.92 Å². The van der Waals surface area contributed by atoms with E-state index in [0.29, 0.717) is 26.0 Å². The molecular formula is C8H13NO3. The Hall–Kier alpha value is -1.06. The molecule has 0 aromatic rings. The van der Waals surface area contributed by atoms with Crippen LogP contribution in [0.2, 0.25) is 0 Å². The van der Waals surface area contributed by atoms with E-state index < -0.39 is 0 Å². The molecule has 1 unspecified atom stereocenters. The van der Waals surface area contributed by atoms with Crippen LogP contribution in [0.25, 0.3) is 0 Å². The minimum atomic E-state index is -0.0277. The van der Waals surface area contributed by atoms with Crippen LogP contribution < -0.4 is 5.32 Å². The molecule has 1 saturated heterocycles. The minimum Gasteiger partial charge on any atom is -0.468 e. The van der Waals surface area contributed by atoms with Gasteiger partial charge in [0.25, 0.3) is 6.47 Å². The zero-order valence-corrected chi connectivity index (χ0v) is 7.13. The fourth-order valence-electron chi connectivity index (χ4n) is 1.35. The second-order valence-corrected chi connectivity index (χ2v) is 3.48. The summed E-state index contributed by atoms with van der Waals surface area (Å²) < 4.78 is 4.58. The second-order valence-electron chi connectivity index (χ2n) is 3.48. The normalized spacial score (nSPS) is 28.2. The number of carbonyl (C=O) groups is 2. The standard InChI is InChI=1S/C8H13NO3/c1-8(2-3-12-6-10)4-7(11)9-5-8/h6H,2-5H2,1H3,(H,9,11). The smallest absolute Gasteiger partial charge is 0.293 e. The van der Waals surface area contributed by atoms with Crippen molar-refractivity contribution in [1.82, 2.24) is 5.32 Å². The van der Waals surface area contributed by atoms with Crippen molar-refractivity contribution in [2.24, 2.45) is 5.41 Å². The predicted molar refractivity (Wildman–Crippen MR) is 42.4 cm³/mol. The molecule has 1 heterocycles. The molecule has 12 heavy (non-hydrogen) atoms. The lowest BCUT2D eigenvalue weighted by atomic mass is 9.86. The monoisotopic (exact) mass is 171 g/mol. The summed E-state index contributed by atoms with van der Waals surface area (Å²) in [5, 5.41) is 2.75. The highest BCUT2D eigenvalue weighted by Crippen LogP contribution is 2.28. The summed E-state index contributed by atoms with van der Waals surface area (Å²) in [5.74, 6) is 0.0867. The number of hydrogen-bond donors (Lipinski definition) is 1. The Morgan fingerprint density at radius 1 is 1.75 bits per heavy atom. The van der Waals surface area contributed by atoms with Crippen molar-refractivity contribution in [3.05, 3.63) is 0 Å². The number of hydrogen-bond acceptors (Lipinski definition) is 3. The van der Waals surface area contributed by atoms with E-state index in [9.17, 15) is 9.59 Å². The molecule has 1 aliphatic rings. The Labute approximate surface area is 71.3 Å². The Balaban J connectivity index is 2.29. The number of nitrogens with one attached hydrogen (secondary N) is 1. The van der Waals surface area contributed by atoms with Gasteiger partial charge in [0.05, 0.1) is 6.61 Å². The molecule has 1 atom stereocenters. The quantitative estimate of drug-likeness (QED) is 0.481. The van der Waals surface area contributed by atoms with E-state index in [0.717, 1.165) is 6.42 Å². The fraction of sp³-hybridized carbons (Fsp3) is 0.750. The Bertz CT molecular complexity index is 193. The van der Waals surface area contributed by atoms with Gasteiger partial charge in [-0.15, -0.1) is 0 Å². The van der Waals surface area contributed by atoms with Gasteiger partial charge < -0.3 is 10.1 Å². The highest BCUT2D eigenvalue weighted by molar-refractivity contribution is 5.79. The lowest BCUT2D eigenvalue weighted by molar-refractivity contribution is -0.129. The van der Waals surface area contributed by atoms with Crippen LogP contribution in [-0.2, 0) is 14.3 Å². The van der Waals surface area contributed by atoms with Gasteiger partial charge in [0.15, 0.2) is 0 Å². The average Bonchev–Trinajstić information content (AvgIpc) is 2.32. The van der Waals surface area contributed by atoms with Crippen molar-refractivity contribution in [1.29, 1.82) is 0 Å². The molecule has 1 rings (SSSR count). The maximum atomic E-state index is 10.9. The van der Waals surface area contributed by atoms with Crippen molar-refractivity contribution in [3.63, 3.8) is 0 Å². The molecule has 1 amide bonds. The Morgan fingerprint density at radius 2 is 2.50 bits per heavy atom. The van der Waals surface area contributed by atoms with Gasteiger partial charge in [0, 0.05) is 13.0 Å². The number of rotatable bonds is 4. The third-order valence-corrected chi connectivity index (χ3v) is 2.19. The molecule has 0 bridgehead atoms. The van der Waals surface area contributed by atoms with Crippen LogP contribution in [0.1, 0.15) is 19.8 Å². The van der Waals surface area contributed by atoms with Gasteiger partial charge in [-0.2, -0.15) is 0 Å². The van der Waals surface area contributed by atoms with Crippen LogP contribution in [0.15, 0.2) is 0 Å². The Kier molecular flexibility index (Phi) is 2.68. The summed E-state index contributed by atoms with van der Waals surface area (Å²) in [5.41, 5.74) is -0.0277. The molecule has 0 aliphatic carbocycles. The fourth-order valence-corrected chi connectivity index (χ4v) is 1.35. The van der Waals surface area contributed by atoms with Gasteiger partial charge in [0.2, 0.25) is 5.91 Å². The van der Waals surface area contributed by atoms with E-state index in [1.807, 2.05) is 6.92 Å². The van der Waals surface area contributed by atoms with Crippen molar-refractivity contribution in [3.8, 4) is 0 Å². The molecule has 1 fully saturated rings. The van der Waals surface area contributed by atoms with E-state index >= 15 is 0 Å². The highest BCUT2D eigenvalue weighted by atomic mass is 16.5. The average molecular weight is 171 g/mol. The third-order valence-electron chi connectivity index (χ3n) is 2.19. The van der Waals surface area contributed by atoms with Gasteiger partial charge >= 0.3 is 0 Å². The van der Waals surface area contributed by atoms with Crippen LogP contribution in [0.4, 0.5) is 0 Å². The van der Waals surface area contributed by atoms with E-state index in [4.69, 9.17) is 0 Å². The lowest BCUT2D eigenvalue weighted by Gasteiger charge is -2.19. The molecule has 0 aromatic heterocycles. The van der Waals surface area contributed by atoms with Crippen LogP contribution in [0.5, 0.6) is 0 Å². The topological polar surface area (TPSA) is 55.4 Å². The van der Waals surface area contributed by atoms with E-state index in [1.54, 1.807) is 0 Å². The van der Waals surface area contributed by atoms with Gasteiger partial charge in [-0.05, 0) is 11.8 Å². The van der Waals surface area contributed by atoms with Crippen molar-refractivity contribution >= 4 is 12.4 Å². The van der Waals surface area contributed by atoms with E-state index in [1.165, 1.54) is 0 Å². The predicted octanol–water partition coefficient (Wildman–Crippen LogP) is 0.0757. The lowest BCUT2D eigenvalue weighted by Crippen LogP contribution is -2.22. The summed E-state index contributed by atoms with van der Waals surface area (Å²) in [6.45, 7) is 3.54. The van der Waals surface area contributed by atoms with Gasteiger partial charge in [-0.3, -0.25) is 9.59 Å². The number of amides is 1. The molecule has 0 spiro atoms. The van der Waals surface area contributed by atoms with Crippen LogP contribution in [-0.4, -0.2) is 25.5 Å². The second kappa shape index (κ2) is 3.56. The molecule has 1 N–H and O–H groups in total. The molecule has 4 heteroatoms. The van der Waals surface area contributed by atoms with Gasteiger partial charge in [-0.25, -0.2) is 0 Å². The zero-order chi connectivity index (χ0) is 9.03. The highest BCUT2D eigenvalue weighted by Gasteiger charge is 2.33. The largest absolute Gasteiger partial charge is 0.468 e. The minimum absolute atomic E-state index is 0.0277. The Morgan fingerprint density at radius 3 is 3.00 bits per heavy atom. The molecule has 1 aliphatic heterocycles. The first-order chi connectivity index (χ1) is 5.66. The van der Waals surface area contributed by atoms with Gasteiger partial charge in [0.1, 0.15) is 0 Å².